The molecule has 3 atom stereocenters. The molecule has 2 bridgehead atoms. The van der Waals surface area contributed by atoms with Crippen LogP contribution < -0.4 is 15.0 Å². The topological polar surface area (TPSA) is 58.6 Å². The molecule has 1 N–H and O–H groups in total. The molecule has 1 aromatic rings. The van der Waals surface area contributed by atoms with Gasteiger partial charge < -0.3 is 15.0 Å². The summed E-state index contributed by atoms with van der Waals surface area (Å²) in [7, 11) is 0. The van der Waals surface area contributed by atoms with E-state index in [1.54, 1.807) is 4.90 Å². The Balaban J connectivity index is 1.34. The Labute approximate surface area is 161 Å². The molecule has 1 aliphatic heterocycles. The Morgan fingerprint density at radius 2 is 2.00 bits per heavy atom. The van der Waals surface area contributed by atoms with E-state index in [4.69, 9.17) is 4.74 Å². The van der Waals surface area contributed by atoms with Gasteiger partial charge >= 0.3 is 0 Å². The summed E-state index contributed by atoms with van der Waals surface area (Å²) in [5.41, 5.74) is 1.25. The van der Waals surface area contributed by atoms with Crippen LogP contribution in [-0.4, -0.2) is 31.0 Å². The van der Waals surface area contributed by atoms with E-state index >= 15 is 0 Å². The van der Waals surface area contributed by atoms with Crippen LogP contribution in [0.2, 0.25) is 0 Å². The van der Waals surface area contributed by atoms with Gasteiger partial charge in [-0.15, -0.1) is 0 Å². The Morgan fingerprint density at radius 1 is 1.22 bits per heavy atom. The number of para-hydroxylation sites is 2. The van der Waals surface area contributed by atoms with Crippen molar-refractivity contribution in [2.75, 3.05) is 18.1 Å². The zero-order chi connectivity index (χ0) is 19.2. The first-order chi connectivity index (χ1) is 12.8. The van der Waals surface area contributed by atoms with Crippen molar-refractivity contribution < 1.29 is 14.3 Å². The van der Waals surface area contributed by atoms with Crippen molar-refractivity contribution in [3.05, 3.63) is 24.3 Å². The second-order valence-corrected chi connectivity index (χ2v) is 9.09. The zero-order valence-corrected chi connectivity index (χ0v) is 16.6. The summed E-state index contributed by atoms with van der Waals surface area (Å²) >= 11 is 0. The highest BCUT2D eigenvalue weighted by Gasteiger charge is 2.61. The third kappa shape index (κ3) is 2.91. The van der Waals surface area contributed by atoms with Crippen molar-refractivity contribution in [1.29, 1.82) is 0 Å². The summed E-state index contributed by atoms with van der Waals surface area (Å²) < 4.78 is 5.60. The number of anilines is 1. The quantitative estimate of drug-likeness (QED) is 0.882. The predicted octanol–water partition coefficient (Wildman–Crippen LogP) is 3.52. The smallest absolute Gasteiger partial charge is 0.227 e. The van der Waals surface area contributed by atoms with Gasteiger partial charge in [0.1, 0.15) is 12.4 Å². The molecule has 4 rings (SSSR count). The fourth-order valence-electron chi connectivity index (χ4n) is 5.47. The third-order valence-electron chi connectivity index (χ3n) is 7.72. The number of hydrogen-bond acceptors (Lipinski definition) is 3. The third-order valence-corrected chi connectivity index (χ3v) is 7.72. The molecular weight excluding hydrogens is 340 g/mol. The van der Waals surface area contributed by atoms with Crippen molar-refractivity contribution in [1.82, 2.24) is 5.32 Å². The molecule has 1 aromatic carbocycles. The van der Waals surface area contributed by atoms with Crippen molar-refractivity contribution in [2.45, 2.75) is 58.9 Å². The number of carbonyl (C=O) groups excluding carboxylic acids is 2. The van der Waals surface area contributed by atoms with E-state index in [9.17, 15) is 9.59 Å². The van der Waals surface area contributed by atoms with Gasteiger partial charge in [0.05, 0.1) is 12.2 Å². The van der Waals surface area contributed by atoms with Gasteiger partial charge in [-0.25, -0.2) is 0 Å². The van der Waals surface area contributed by atoms with Gasteiger partial charge in [-0.1, -0.05) is 32.9 Å². The van der Waals surface area contributed by atoms with E-state index < -0.39 is 0 Å². The monoisotopic (exact) mass is 370 g/mol. The number of benzene rings is 1. The van der Waals surface area contributed by atoms with Gasteiger partial charge in [-0.3, -0.25) is 9.59 Å². The second kappa shape index (κ2) is 6.54. The highest BCUT2D eigenvalue weighted by Crippen LogP contribution is 2.65. The maximum absolute atomic E-state index is 12.7. The van der Waals surface area contributed by atoms with Crippen LogP contribution in [0.15, 0.2) is 24.3 Å². The molecular formula is C22H30N2O3. The lowest BCUT2D eigenvalue weighted by molar-refractivity contribution is -0.126. The van der Waals surface area contributed by atoms with Crippen LogP contribution in [0.3, 0.4) is 0 Å². The number of ether oxygens (including phenoxy) is 1. The summed E-state index contributed by atoms with van der Waals surface area (Å²) in [5.74, 6) is 1.41. The zero-order valence-electron chi connectivity index (χ0n) is 16.6. The lowest BCUT2D eigenvalue weighted by Gasteiger charge is -2.39. The maximum atomic E-state index is 12.7. The number of hydrogen-bond donors (Lipinski definition) is 1. The van der Waals surface area contributed by atoms with Crippen molar-refractivity contribution in [3.8, 4) is 5.75 Å². The highest BCUT2D eigenvalue weighted by molar-refractivity contribution is 5.97. The van der Waals surface area contributed by atoms with Gasteiger partial charge in [0.2, 0.25) is 11.8 Å². The number of nitrogens with zero attached hydrogens (tertiary/aromatic N) is 1. The lowest BCUT2D eigenvalue weighted by Crippen LogP contribution is -2.47. The van der Waals surface area contributed by atoms with E-state index in [1.165, 1.54) is 12.8 Å². The van der Waals surface area contributed by atoms with Crippen molar-refractivity contribution in [3.63, 3.8) is 0 Å². The van der Waals surface area contributed by atoms with E-state index in [0.29, 0.717) is 19.1 Å². The summed E-state index contributed by atoms with van der Waals surface area (Å²) in [6.45, 7) is 8.03. The molecule has 0 aromatic heterocycles. The minimum atomic E-state index is -0.0135. The number of amides is 2. The first-order valence-electron chi connectivity index (χ1n) is 10.1. The number of carbonyl (C=O) groups is 2. The van der Waals surface area contributed by atoms with Crippen LogP contribution in [0.25, 0.3) is 0 Å². The van der Waals surface area contributed by atoms with Crippen molar-refractivity contribution in [2.24, 2.45) is 16.7 Å². The van der Waals surface area contributed by atoms with Gasteiger partial charge in [0, 0.05) is 18.9 Å². The van der Waals surface area contributed by atoms with Crippen LogP contribution in [0.5, 0.6) is 5.75 Å². The average Bonchev–Trinajstić information content (AvgIpc) is 2.99. The molecule has 3 unspecified atom stereocenters. The minimum Gasteiger partial charge on any atom is -0.490 e. The molecule has 0 spiro atoms. The van der Waals surface area contributed by atoms with Gasteiger partial charge in [-0.2, -0.15) is 0 Å². The van der Waals surface area contributed by atoms with Crippen LogP contribution in [0.1, 0.15) is 52.9 Å². The molecule has 5 nitrogen and oxygen atoms in total. The lowest BCUT2D eigenvalue weighted by atomic mass is 9.69. The number of nitrogens with one attached hydrogen (secondary N) is 1. The Hall–Kier alpha value is -2.04. The SMILES string of the molecule is CC1(C)C2CCC1(C)C(NC(=O)CCC(=O)N1CCOc3ccccc31)C2. The summed E-state index contributed by atoms with van der Waals surface area (Å²) in [4.78, 5) is 27.0. The Kier molecular flexibility index (Phi) is 4.44. The maximum Gasteiger partial charge on any atom is 0.227 e. The molecule has 2 amide bonds. The van der Waals surface area contributed by atoms with E-state index in [-0.39, 0.29) is 41.5 Å². The summed E-state index contributed by atoms with van der Waals surface area (Å²) in [5, 5.41) is 3.25. The van der Waals surface area contributed by atoms with Gasteiger partial charge in [0.15, 0.2) is 0 Å². The van der Waals surface area contributed by atoms with Gasteiger partial charge in [0.25, 0.3) is 0 Å². The molecule has 0 saturated heterocycles. The Bertz CT molecular complexity index is 760. The largest absolute Gasteiger partial charge is 0.490 e. The molecule has 2 fully saturated rings. The fourth-order valence-corrected chi connectivity index (χ4v) is 5.47. The van der Waals surface area contributed by atoms with Crippen LogP contribution in [0.4, 0.5) is 5.69 Å². The molecule has 3 aliphatic rings. The minimum absolute atomic E-state index is 0.000491. The second-order valence-electron chi connectivity index (χ2n) is 9.09. The molecule has 0 radical (unpaired) electrons. The summed E-state index contributed by atoms with van der Waals surface area (Å²) in [6, 6.07) is 7.80. The Morgan fingerprint density at radius 3 is 2.70 bits per heavy atom. The van der Waals surface area contributed by atoms with Crippen molar-refractivity contribution >= 4 is 17.5 Å². The van der Waals surface area contributed by atoms with Gasteiger partial charge in [-0.05, 0) is 48.1 Å². The molecule has 5 heteroatoms. The number of rotatable bonds is 4. The first kappa shape index (κ1) is 18.3. The average molecular weight is 370 g/mol. The van der Waals surface area contributed by atoms with E-state index in [0.717, 1.165) is 17.9 Å². The van der Waals surface area contributed by atoms with Crippen LogP contribution in [0, 0.1) is 16.7 Å². The standard InChI is InChI=1S/C22H30N2O3/c1-21(2)15-10-11-22(21,3)18(14-15)23-19(25)8-9-20(26)24-12-13-27-17-7-5-4-6-16(17)24/h4-7,15,18H,8-14H2,1-3H3,(H,23,25). The van der Waals surface area contributed by atoms with Crippen LogP contribution in [-0.2, 0) is 9.59 Å². The normalized spacial score (nSPS) is 30.6. The molecule has 27 heavy (non-hydrogen) atoms. The molecule has 146 valence electrons. The van der Waals surface area contributed by atoms with E-state index in [1.807, 2.05) is 24.3 Å². The molecule has 1 heterocycles. The predicted molar refractivity (Wildman–Crippen MR) is 105 cm³/mol. The molecule has 2 aliphatic carbocycles. The van der Waals surface area contributed by atoms with Crippen LogP contribution >= 0.6 is 0 Å². The summed E-state index contributed by atoms with van der Waals surface area (Å²) in [6.07, 6.45) is 4.00. The van der Waals surface area contributed by atoms with E-state index in [2.05, 4.69) is 26.1 Å². The highest BCUT2D eigenvalue weighted by atomic mass is 16.5. The fraction of sp³-hybridized carbons (Fsp3) is 0.636. The first-order valence-corrected chi connectivity index (χ1v) is 10.1. The number of fused-ring (bicyclic) bond motifs is 3. The molecule has 2 saturated carbocycles.